The molecule has 9 heteroatoms. The molecule has 38 heavy (non-hydrogen) atoms. The summed E-state index contributed by atoms with van der Waals surface area (Å²) in [5.41, 5.74) is 2.79. The van der Waals surface area contributed by atoms with Crippen LogP contribution in [-0.2, 0) is 26.2 Å². The highest BCUT2D eigenvalue weighted by molar-refractivity contribution is 7.92. The lowest BCUT2D eigenvalue weighted by Crippen LogP contribution is -2.52. The number of amides is 2. The van der Waals surface area contributed by atoms with Crippen LogP contribution >= 0.6 is 0 Å². The van der Waals surface area contributed by atoms with Crippen molar-refractivity contribution in [3.8, 4) is 0 Å². The van der Waals surface area contributed by atoms with Crippen LogP contribution in [0.3, 0.4) is 0 Å². The van der Waals surface area contributed by atoms with Gasteiger partial charge in [-0.15, -0.1) is 0 Å². The van der Waals surface area contributed by atoms with Crippen LogP contribution in [0.1, 0.15) is 37.0 Å². The van der Waals surface area contributed by atoms with Gasteiger partial charge in [0.05, 0.1) is 10.6 Å². The van der Waals surface area contributed by atoms with Crippen molar-refractivity contribution in [1.82, 2.24) is 10.2 Å². The summed E-state index contributed by atoms with van der Waals surface area (Å²) in [6.07, 6.45) is 0.314. The molecule has 3 rings (SSSR count). The molecule has 1 N–H and O–H groups in total. The van der Waals surface area contributed by atoms with E-state index in [9.17, 15) is 22.4 Å². The highest BCUT2D eigenvalue weighted by Crippen LogP contribution is 2.25. The number of sulfonamides is 1. The molecule has 1 atom stereocenters. The van der Waals surface area contributed by atoms with Gasteiger partial charge in [-0.2, -0.15) is 0 Å². The van der Waals surface area contributed by atoms with Crippen molar-refractivity contribution in [3.05, 3.63) is 95.3 Å². The minimum Gasteiger partial charge on any atom is -0.355 e. The number of benzene rings is 3. The number of anilines is 1. The number of aryl methyl sites for hydroxylation is 2. The number of carbonyl (C=O) groups excluding carboxylic acids is 2. The van der Waals surface area contributed by atoms with Crippen molar-refractivity contribution in [2.45, 2.75) is 51.6 Å². The fourth-order valence-corrected chi connectivity index (χ4v) is 5.49. The molecule has 7 nitrogen and oxygen atoms in total. The molecule has 0 aliphatic rings. The summed E-state index contributed by atoms with van der Waals surface area (Å²) in [4.78, 5) is 28.2. The number of likely N-dealkylation sites (N-methyl/N-ethyl adjacent to an activating group) is 1. The van der Waals surface area contributed by atoms with Gasteiger partial charge in [0, 0.05) is 13.1 Å². The average molecular weight is 540 g/mol. The van der Waals surface area contributed by atoms with Crippen molar-refractivity contribution in [2.75, 3.05) is 17.4 Å². The van der Waals surface area contributed by atoms with Gasteiger partial charge in [-0.25, -0.2) is 12.8 Å². The van der Waals surface area contributed by atoms with E-state index in [2.05, 4.69) is 5.32 Å². The second-order valence-corrected chi connectivity index (χ2v) is 11.0. The number of nitrogens with one attached hydrogen (secondary N) is 1. The molecule has 0 unspecified atom stereocenters. The SMILES string of the molecule is CCNC(=O)[C@@H](CC)N(Cc1ccc(F)cc1)C(=O)CN(c1ccc(C)cc1)S(=O)(=O)c1ccc(C)cc1. The van der Waals surface area contributed by atoms with Gasteiger partial charge in [0.15, 0.2) is 0 Å². The van der Waals surface area contributed by atoms with Gasteiger partial charge in [0.2, 0.25) is 11.8 Å². The zero-order valence-corrected chi connectivity index (χ0v) is 23.0. The molecule has 2 amide bonds. The van der Waals surface area contributed by atoms with E-state index in [1.54, 1.807) is 62.4 Å². The van der Waals surface area contributed by atoms with Crippen LogP contribution in [0.25, 0.3) is 0 Å². The molecule has 0 heterocycles. The lowest BCUT2D eigenvalue weighted by molar-refractivity contribution is -0.140. The van der Waals surface area contributed by atoms with Gasteiger partial charge in [-0.3, -0.25) is 13.9 Å². The molecule has 0 radical (unpaired) electrons. The van der Waals surface area contributed by atoms with Crippen LogP contribution in [0.2, 0.25) is 0 Å². The number of rotatable bonds is 11. The molecular formula is C29H34FN3O4S. The number of hydrogen-bond acceptors (Lipinski definition) is 4. The Morgan fingerprint density at radius 2 is 1.42 bits per heavy atom. The Kier molecular flexibility index (Phi) is 9.63. The van der Waals surface area contributed by atoms with E-state index < -0.39 is 34.3 Å². The topological polar surface area (TPSA) is 86.8 Å². The summed E-state index contributed by atoms with van der Waals surface area (Å²) in [5.74, 6) is -1.31. The van der Waals surface area contributed by atoms with Gasteiger partial charge in [0.25, 0.3) is 10.0 Å². The van der Waals surface area contributed by atoms with Crippen molar-refractivity contribution < 1.29 is 22.4 Å². The van der Waals surface area contributed by atoms with E-state index in [1.807, 2.05) is 13.8 Å². The zero-order valence-electron chi connectivity index (χ0n) is 22.1. The van der Waals surface area contributed by atoms with E-state index in [0.29, 0.717) is 24.2 Å². The van der Waals surface area contributed by atoms with Crippen LogP contribution in [0.15, 0.2) is 77.7 Å². The molecule has 0 bridgehead atoms. The molecule has 3 aromatic carbocycles. The van der Waals surface area contributed by atoms with Crippen LogP contribution in [0, 0.1) is 19.7 Å². The smallest absolute Gasteiger partial charge is 0.264 e. The molecule has 0 aromatic heterocycles. The van der Waals surface area contributed by atoms with E-state index in [0.717, 1.165) is 15.4 Å². The van der Waals surface area contributed by atoms with Crippen LogP contribution in [0.4, 0.5) is 10.1 Å². The fraction of sp³-hybridized carbons (Fsp3) is 0.310. The zero-order chi connectivity index (χ0) is 27.9. The number of halogens is 1. The first-order valence-electron chi connectivity index (χ1n) is 12.5. The fourth-order valence-electron chi connectivity index (χ4n) is 4.08. The molecular weight excluding hydrogens is 505 g/mol. The minimum absolute atomic E-state index is 0.0150. The highest BCUT2D eigenvalue weighted by Gasteiger charge is 2.33. The van der Waals surface area contributed by atoms with Gasteiger partial charge in [-0.1, -0.05) is 54.4 Å². The Hall–Kier alpha value is -3.72. The van der Waals surface area contributed by atoms with Crippen molar-refractivity contribution in [2.24, 2.45) is 0 Å². The van der Waals surface area contributed by atoms with Crippen molar-refractivity contribution in [1.29, 1.82) is 0 Å². The summed E-state index contributed by atoms with van der Waals surface area (Å²) in [7, 11) is -4.12. The van der Waals surface area contributed by atoms with E-state index in [4.69, 9.17) is 0 Å². The van der Waals surface area contributed by atoms with Gasteiger partial charge in [0.1, 0.15) is 18.4 Å². The summed E-state index contributed by atoms with van der Waals surface area (Å²) < 4.78 is 42.2. The maximum Gasteiger partial charge on any atom is 0.264 e. The predicted octanol–water partition coefficient (Wildman–Crippen LogP) is 4.58. The average Bonchev–Trinajstić information content (AvgIpc) is 2.89. The molecule has 0 fully saturated rings. The van der Waals surface area contributed by atoms with Crippen molar-refractivity contribution >= 4 is 27.5 Å². The summed E-state index contributed by atoms with van der Waals surface area (Å²) >= 11 is 0. The first-order chi connectivity index (χ1) is 18.1. The Balaban J connectivity index is 2.04. The first-order valence-corrected chi connectivity index (χ1v) is 14.0. The largest absolute Gasteiger partial charge is 0.355 e. The minimum atomic E-state index is -4.12. The third-order valence-corrected chi connectivity index (χ3v) is 8.00. The summed E-state index contributed by atoms with van der Waals surface area (Å²) in [5, 5.41) is 2.75. The molecule has 0 saturated carbocycles. The second-order valence-electron chi connectivity index (χ2n) is 9.13. The van der Waals surface area contributed by atoms with Gasteiger partial charge in [-0.05, 0) is 69.2 Å². The van der Waals surface area contributed by atoms with E-state index in [1.165, 1.54) is 29.2 Å². The lowest BCUT2D eigenvalue weighted by atomic mass is 10.1. The van der Waals surface area contributed by atoms with Gasteiger partial charge < -0.3 is 10.2 Å². The third kappa shape index (κ3) is 6.98. The van der Waals surface area contributed by atoms with Crippen LogP contribution in [-0.4, -0.2) is 44.3 Å². The lowest BCUT2D eigenvalue weighted by Gasteiger charge is -2.33. The summed E-state index contributed by atoms with van der Waals surface area (Å²) in [6, 6.07) is 18.1. The number of hydrogen-bond donors (Lipinski definition) is 1. The first kappa shape index (κ1) is 28.8. The number of nitrogens with zero attached hydrogens (tertiary/aromatic N) is 2. The Bertz CT molecular complexity index is 1340. The van der Waals surface area contributed by atoms with Gasteiger partial charge >= 0.3 is 0 Å². The van der Waals surface area contributed by atoms with Crippen LogP contribution < -0.4 is 9.62 Å². The van der Waals surface area contributed by atoms with E-state index in [-0.39, 0.29) is 17.3 Å². The molecule has 0 aliphatic heterocycles. The normalized spacial score (nSPS) is 12.0. The molecule has 0 spiro atoms. The predicted molar refractivity (Wildman–Crippen MR) is 147 cm³/mol. The monoisotopic (exact) mass is 539 g/mol. The summed E-state index contributed by atoms with van der Waals surface area (Å²) in [6.45, 7) is 7.19. The maximum atomic E-state index is 13.9. The second kappa shape index (κ2) is 12.7. The standard InChI is InChI=1S/C29H34FN3O4S/c1-5-27(29(35)31-6-2)32(19-23-11-13-24(30)14-12-23)28(34)20-33(25-15-7-21(3)8-16-25)38(36,37)26-17-9-22(4)10-18-26/h7-18,27H,5-6,19-20H2,1-4H3,(H,31,35)/t27-/m1/s1. The molecule has 202 valence electrons. The van der Waals surface area contributed by atoms with Crippen LogP contribution in [0.5, 0.6) is 0 Å². The Morgan fingerprint density at radius 1 is 0.868 bits per heavy atom. The molecule has 0 saturated heterocycles. The van der Waals surface area contributed by atoms with E-state index >= 15 is 0 Å². The quantitative estimate of drug-likeness (QED) is 0.387. The highest BCUT2D eigenvalue weighted by atomic mass is 32.2. The number of carbonyl (C=O) groups is 2. The van der Waals surface area contributed by atoms with Crippen molar-refractivity contribution in [3.63, 3.8) is 0 Å². The Morgan fingerprint density at radius 3 is 1.95 bits per heavy atom. The third-order valence-electron chi connectivity index (χ3n) is 6.21. The molecule has 3 aromatic rings. The Labute approximate surface area is 224 Å². The molecule has 0 aliphatic carbocycles. The maximum absolute atomic E-state index is 13.9.